The van der Waals surface area contributed by atoms with E-state index in [0.717, 1.165) is 43.7 Å². The Morgan fingerprint density at radius 1 is 1.38 bits per heavy atom. The molecule has 0 saturated carbocycles. The number of carbonyl (C=O) groups excluding carboxylic acids is 1. The Hall–Kier alpha value is -1.40. The van der Waals surface area contributed by atoms with Crippen molar-refractivity contribution in [3.05, 3.63) is 17.7 Å². The Morgan fingerprint density at radius 2 is 2.08 bits per heavy atom. The summed E-state index contributed by atoms with van der Waals surface area (Å²) in [6.45, 7) is 8.73. The van der Waals surface area contributed by atoms with Crippen LogP contribution in [0, 0.1) is 5.92 Å². The van der Waals surface area contributed by atoms with Gasteiger partial charge in [0.2, 0.25) is 5.91 Å². The van der Waals surface area contributed by atoms with Gasteiger partial charge in [-0.15, -0.1) is 0 Å². The third-order valence-electron chi connectivity index (χ3n) is 5.18. The topological polar surface area (TPSA) is 82.2 Å². The number of amides is 1. The number of imidazole rings is 1. The van der Waals surface area contributed by atoms with Crippen LogP contribution in [0.1, 0.15) is 51.6 Å². The second-order valence-electron chi connectivity index (χ2n) is 8.16. The van der Waals surface area contributed by atoms with Crippen LogP contribution in [0.15, 0.2) is 6.20 Å². The molecule has 3 heterocycles. The Kier molecular flexibility index (Phi) is 4.97. The van der Waals surface area contributed by atoms with Crippen LogP contribution in [-0.2, 0) is 27.9 Å². The maximum Gasteiger partial charge on any atom is 0.237 e. The van der Waals surface area contributed by atoms with E-state index in [4.69, 9.17) is 15.5 Å². The standard InChI is InChI=1S/C18H30N4O2/c1-18(2,3)14-11-22-10-13(4-5-15(22)21-14)20-17(23)16(19)12-6-8-24-9-7-12/h11-13,16H,4-10,19H2,1-3H3,(H,20,23). The molecule has 0 radical (unpaired) electrons. The van der Waals surface area contributed by atoms with E-state index in [9.17, 15) is 4.79 Å². The summed E-state index contributed by atoms with van der Waals surface area (Å²) in [5, 5.41) is 3.15. The van der Waals surface area contributed by atoms with E-state index >= 15 is 0 Å². The highest BCUT2D eigenvalue weighted by atomic mass is 16.5. The van der Waals surface area contributed by atoms with Gasteiger partial charge in [0.25, 0.3) is 0 Å². The molecule has 2 aliphatic heterocycles. The number of fused-ring (bicyclic) bond motifs is 1. The van der Waals surface area contributed by atoms with Crippen molar-refractivity contribution in [3.8, 4) is 0 Å². The van der Waals surface area contributed by atoms with Crippen LogP contribution in [0.3, 0.4) is 0 Å². The van der Waals surface area contributed by atoms with Crippen LogP contribution in [0.25, 0.3) is 0 Å². The highest BCUT2D eigenvalue weighted by Crippen LogP contribution is 2.24. The average molecular weight is 334 g/mol. The maximum absolute atomic E-state index is 12.5. The lowest BCUT2D eigenvalue weighted by molar-refractivity contribution is -0.125. The van der Waals surface area contributed by atoms with Crippen molar-refractivity contribution >= 4 is 5.91 Å². The van der Waals surface area contributed by atoms with Crippen LogP contribution in [0.2, 0.25) is 0 Å². The number of hydrogen-bond acceptors (Lipinski definition) is 4. The summed E-state index contributed by atoms with van der Waals surface area (Å²) in [4.78, 5) is 17.2. The predicted molar refractivity (Wildman–Crippen MR) is 92.7 cm³/mol. The molecule has 2 atom stereocenters. The molecule has 1 amide bonds. The molecule has 1 fully saturated rings. The maximum atomic E-state index is 12.5. The van der Waals surface area contributed by atoms with Crippen LogP contribution in [0.4, 0.5) is 0 Å². The predicted octanol–water partition coefficient (Wildman–Crippen LogP) is 1.37. The van der Waals surface area contributed by atoms with Crippen LogP contribution in [-0.4, -0.2) is 40.8 Å². The van der Waals surface area contributed by atoms with Crippen LogP contribution >= 0.6 is 0 Å². The molecule has 0 spiro atoms. The quantitative estimate of drug-likeness (QED) is 0.874. The van der Waals surface area contributed by atoms with Crippen molar-refractivity contribution in [2.75, 3.05) is 13.2 Å². The molecule has 6 nitrogen and oxygen atoms in total. The number of hydrogen-bond donors (Lipinski definition) is 2. The minimum atomic E-state index is -0.428. The molecule has 3 N–H and O–H groups in total. The Morgan fingerprint density at radius 3 is 2.75 bits per heavy atom. The summed E-state index contributed by atoms with van der Waals surface area (Å²) in [6.07, 6.45) is 5.70. The second-order valence-corrected chi connectivity index (χ2v) is 8.16. The fraction of sp³-hybridized carbons (Fsp3) is 0.778. The van der Waals surface area contributed by atoms with Crippen LogP contribution in [0.5, 0.6) is 0 Å². The van der Waals surface area contributed by atoms with E-state index in [1.807, 2.05) is 0 Å². The zero-order valence-corrected chi connectivity index (χ0v) is 15.0. The number of nitrogens with two attached hydrogens (primary N) is 1. The first-order chi connectivity index (χ1) is 11.3. The van der Waals surface area contributed by atoms with Crippen molar-refractivity contribution in [3.63, 3.8) is 0 Å². The Balaban J connectivity index is 1.59. The van der Waals surface area contributed by atoms with Gasteiger partial charge in [-0.25, -0.2) is 4.98 Å². The zero-order valence-electron chi connectivity index (χ0n) is 15.0. The fourth-order valence-electron chi connectivity index (χ4n) is 3.51. The lowest BCUT2D eigenvalue weighted by Gasteiger charge is -2.30. The average Bonchev–Trinajstić information content (AvgIpc) is 2.98. The summed E-state index contributed by atoms with van der Waals surface area (Å²) in [5.41, 5.74) is 7.34. The lowest BCUT2D eigenvalue weighted by Crippen LogP contribution is -2.51. The molecule has 2 aliphatic rings. The van der Waals surface area contributed by atoms with Crippen molar-refractivity contribution in [2.45, 2.75) is 70.5 Å². The van der Waals surface area contributed by atoms with E-state index in [1.165, 1.54) is 0 Å². The van der Waals surface area contributed by atoms with Gasteiger partial charge in [0.1, 0.15) is 5.82 Å². The van der Waals surface area contributed by atoms with Crippen molar-refractivity contribution in [1.29, 1.82) is 0 Å². The molecule has 0 aliphatic carbocycles. The summed E-state index contributed by atoms with van der Waals surface area (Å²) < 4.78 is 7.54. The summed E-state index contributed by atoms with van der Waals surface area (Å²) in [7, 11) is 0. The normalized spacial score (nSPS) is 23.6. The first-order valence-corrected chi connectivity index (χ1v) is 9.05. The number of nitrogens with zero attached hydrogens (tertiary/aromatic N) is 2. The first-order valence-electron chi connectivity index (χ1n) is 9.05. The van der Waals surface area contributed by atoms with Gasteiger partial charge in [0.05, 0.1) is 11.7 Å². The Bertz CT molecular complexity index is 584. The number of rotatable bonds is 3. The van der Waals surface area contributed by atoms with Crippen LogP contribution < -0.4 is 11.1 Å². The number of aryl methyl sites for hydroxylation is 1. The second kappa shape index (κ2) is 6.84. The SMILES string of the molecule is CC(C)(C)c1cn2c(n1)CCC(NC(=O)C(N)C1CCOCC1)C2. The lowest BCUT2D eigenvalue weighted by atomic mass is 9.91. The van der Waals surface area contributed by atoms with Gasteiger partial charge in [0.15, 0.2) is 0 Å². The smallest absolute Gasteiger partial charge is 0.237 e. The minimum absolute atomic E-state index is 0.0217. The number of nitrogens with one attached hydrogen (secondary N) is 1. The van der Waals surface area contributed by atoms with E-state index < -0.39 is 6.04 Å². The highest BCUT2D eigenvalue weighted by molar-refractivity contribution is 5.82. The van der Waals surface area contributed by atoms with E-state index in [-0.39, 0.29) is 23.3 Å². The minimum Gasteiger partial charge on any atom is -0.381 e. The van der Waals surface area contributed by atoms with Gasteiger partial charge < -0.3 is 20.4 Å². The third kappa shape index (κ3) is 3.81. The fourth-order valence-corrected chi connectivity index (χ4v) is 3.51. The van der Waals surface area contributed by atoms with E-state index in [0.29, 0.717) is 13.2 Å². The highest BCUT2D eigenvalue weighted by Gasteiger charge is 2.30. The molecule has 0 bridgehead atoms. The summed E-state index contributed by atoms with van der Waals surface area (Å²) in [5.74, 6) is 1.34. The summed E-state index contributed by atoms with van der Waals surface area (Å²) >= 11 is 0. The molecular formula is C18H30N4O2. The zero-order chi connectivity index (χ0) is 17.3. The van der Waals surface area contributed by atoms with Gasteiger partial charge in [-0.2, -0.15) is 0 Å². The van der Waals surface area contributed by atoms with E-state index in [1.54, 1.807) is 0 Å². The van der Waals surface area contributed by atoms with Gasteiger partial charge in [-0.05, 0) is 25.2 Å². The Labute approximate surface area is 144 Å². The monoisotopic (exact) mass is 334 g/mol. The molecular weight excluding hydrogens is 304 g/mol. The molecule has 2 unspecified atom stereocenters. The van der Waals surface area contributed by atoms with Gasteiger partial charge in [-0.3, -0.25) is 4.79 Å². The largest absolute Gasteiger partial charge is 0.381 e. The molecule has 6 heteroatoms. The molecule has 1 saturated heterocycles. The van der Waals surface area contributed by atoms with Crippen molar-refractivity contribution < 1.29 is 9.53 Å². The van der Waals surface area contributed by atoms with Crippen molar-refractivity contribution in [2.24, 2.45) is 11.7 Å². The van der Waals surface area contributed by atoms with Gasteiger partial charge >= 0.3 is 0 Å². The van der Waals surface area contributed by atoms with E-state index in [2.05, 4.69) is 36.9 Å². The number of carbonyl (C=O) groups is 1. The van der Waals surface area contributed by atoms with Gasteiger partial charge in [-0.1, -0.05) is 20.8 Å². The molecule has 1 aromatic heterocycles. The van der Waals surface area contributed by atoms with Crippen molar-refractivity contribution in [1.82, 2.24) is 14.9 Å². The molecule has 24 heavy (non-hydrogen) atoms. The summed E-state index contributed by atoms with van der Waals surface area (Å²) in [6, 6.07) is -0.291. The molecule has 134 valence electrons. The first kappa shape index (κ1) is 17.4. The van der Waals surface area contributed by atoms with Gasteiger partial charge in [0, 0.05) is 43.8 Å². The number of ether oxygens (including phenoxy) is 1. The third-order valence-corrected chi connectivity index (χ3v) is 5.18. The number of aromatic nitrogens is 2. The molecule has 0 aromatic carbocycles. The molecule has 3 rings (SSSR count). The molecule has 1 aromatic rings.